The van der Waals surface area contributed by atoms with Crippen molar-refractivity contribution in [2.24, 2.45) is 0 Å². The van der Waals surface area contributed by atoms with Gasteiger partial charge in [-0.1, -0.05) is 26.7 Å². The Morgan fingerprint density at radius 2 is 2.06 bits per heavy atom. The monoisotopic (exact) mass is 236 g/mol. The SMILES string of the molecule is CCCCCN(C)c1cncc(CNCC)n1. The zero-order chi connectivity index (χ0) is 12.5. The van der Waals surface area contributed by atoms with E-state index < -0.39 is 0 Å². The molecule has 0 aliphatic carbocycles. The number of hydrogen-bond donors (Lipinski definition) is 1. The first-order valence-corrected chi connectivity index (χ1v) is 6.50. The molecule has 1 aromatic heterocycles. The van der Waals surface area contributed by atoms with E-state index in [9.17, 15) is 0 Å². The van der Waals surface area contributed by atoms with E-state index >= 15 is 0 Å². The largest absolute Gasteiger partial charge is 0.358 e. The third-order valence-corrected chi connectivity index (χ3v) is 2.72. The van der Waals surface area contributed by atoms with Crippen LogP contribution in [0.15, 0.2) is 12.4 Å². The van der Waals surface area contributed by atoms with Crippen LogP contribution in [0.2, 0.25) is 0 Å². The Bertz CT molecular complexity index is 314. The van der Waals surface area contributed by atoms with E-state index in [0.717, 1.165) is 31.1 Å². The molecule has 0 amide bonds. The summed E-state index contributed by atoms with van der Waals surface area (Å²) in [5.41, 5.74) is 1.01. The molecule has 17 heavy (non-hydrogen) atoms. The van der Waals surface area contributed by atoms with Gasteiger partial charge in [0.2, 0.25) is 0 Å². The maximum atomic E-state index is 4.59. The van der Waals surface area contributed by atoms with Crippen molar-refractivity contribution < 1.29 is 0 Å². The average Bonchev–Trinajstić information content (AvgIpc) is 2.37. The van der Waals surface area contributed by atoms with Gasteiger partial charge in [0.25, 0.3) is 0 Å². The van der Waals surface area contributed by atoms with Gasteiger partial charge in [0.15, 0.2) is 0 Å². The lowest BCUT2D eigenvalue weighted by Gasteiger charge is -2.18. The molecule has 0 fully saturated rings. The summed E-state index contributed by atoms with van der Waals surface area (Å²) in [7, 11) is 2.08. The van der Waals surface area contributed by atoms with Crippen molar-refractivity contribution in [1.82, 2.24) is 15.3 Å². The van der Waals surface area contributed by atoms with Crippen LogP contribution < -0.4 is 10.2 Å². The third kappa shape index (κ3) is 5.13. The number of nitrogens with one attached hydrogen (secondary N) is 1. The Morgan fingerprint density at radius 1 is 1.24 bits per heavy atom. The molecule has 1 heterocycles. The van der Waals surface area contributed by atoms with E-state index in [1.807, 2.05) is 12.4 Å². The number of hydrogen-bond acceptors (Lipinski definition) is 4. The van der Waals surface area contributed by atoms with Crippen LogP contribution in [0.3, 0.4) is 0 Å². The lowest BCUT2D eigenvalue weighted by atomic mass is 10.2. The molecule has 0 atom stereocenters. The summed E-state index contributed by atoms with van der Waals surface area (Å²) in [5.74, 6) is 0.969. The molecule has 0 saturated carbocycles. The number of aromatic nitrogens is 2. The number of unbranched alkanes of at least 4 members (excludes halogenated alkanes) is 2. The van der Waals surface area contributed by atoms with Crippen molar-refractivity contribution in [3.63, 3.8) is 0 Å². The van der Waals surface area contributed by atoms with Crippen LogP contribution in [0.25, 0.3) is 0 Å². The normalized spacial score (nSPS) is 10.5. The van der Waals surface area contributed by atoms with E-state index in [4.69, 9.17) is 0 Å². The van der Waals surface area contributed by atoms with Gasteiger partial charge < -0.3 is 10.2 Å². The molecule has 0 unspecified atom stereocenters. The minimum atomic E-state index is 0.792. The van der Waals surface area contributed by atoms with E-state index in [2.05, 4.69) is 41.1 Å². The third-order valence-electron chi connectivity index (χ3n) is 2.72. The van der Waals surface area contributed by atoms with Crippen LogP contribution in [0.5, 0.6) is 0 Å². The van der Waals surface area contributed by atoms with Gasteiger partial charge in [0, 0.05) is 26.3 Å². The Morgan fingerprint density at radius 3 is 2.76 bits per heavy atom. The van der Waals surface area contributed by atoms with Crippen molar-refractivity contribution in [3.8, 4) is 0 Å². The summed E-state index contributed by atoms with van der Waals surface area (Å²) < 4.78 is 0. The van der Waals surface area contributed by atoms with Crippen LogP contribution in [-0.2, 0) is 6.54 Å². The molecule has 0 aromatic carbocycles. The first kappa shape index (κ1) is 13.9. The highest BCUT2D eigenvalue weighted by Gasteiger charge is 2.03. The summed E-state index contributed by atoms with van der Waals surface area (Å²) in [6.07, 6.45) is 7.40. The lowest BCUT2D eigenvalue weighted by molar-refractivity contribution is 0.688. The van der Waals surface area contributed by atoms with Gasteiger partial charge in [-0.05, 0) is 13.0 Å². The zero-order valence-electron chi connectivity index (χ0n) is 11.2. The van der Waals surface area contributed by atoms with Crippen molar-refractivity contribution in [1.29, 1.82) is 0 Å². The second kappa shape index (κ2) is 8.01. The van der Waals surface area contributed by atoms with Crippen LogP contribution >= 0.6 is 0 Å². The molecule has 0 spiro atoms. The van der Waals surface area contributed by atoms with Crippen molar-refractivity contribution in [2.45, 2.75) is 39.7 Å². The standard InChI is InChI=1S/C13H24N4/c1-4-6-7-8-17(3)13-11-15-10-12(16-13)9-14-5-2/h10-11,14H,4-9H2,1-3H3. The molecule has 0 saturated heterocycles. The van der Waals surface area contributed by atoms with Crippen LogP contribution in [0.1, 0.15) is 38.8 Å². The average molecular weight is 236 g/mol. The molecule has 0 aliphatic rings. The highest BCUT2D eigenvalue weighted by Crippen LogP contribution is 2.09. The quantitative estimate of drug-likeness (QED) is 0.703. The zero-order valence-corrected chi connectivity index (χ0v) is 11.2. The van der Waals surface area contributed by atoms with Gasteiger partial charge in [-0.3, -0.25) is 4.98 Å². The highest BCUT2D eigenvalue weighted by atomic mass is 15.2. The molecule has 1 rings (SSSR count). The van der Waals surface area contributed by atoms with Crippen LogP contribution in [0, 0.1) is 0 Å². The minimum Gasteiger partial charge on any atom is -0.358 e. The van der Waals surface area contributed by atoms with E-state index in [-0.39, 0.29) is 0 Å². The number of nitrogens with zero attached hydrogens (tertiary/aromatic N) is 3. The fourth-order valence-corrected chi connectivity index (χ4v) is 1.63. The Kier molecular flexibility index (Phi) is 6.55. The second-order valence-electron chi connectivity index (χ2n) is 4.28. The highest BCUT2D eigenvalue weighted by molar-refractivity contribution is 5.34. The maximum absolute atomic E-state index is 4.59. The smallest absolute Gasteiger partial charge is 0.147 e. The van der Waals surface area contributed by atoms with Crippen molar-refractivity contribution >= 4 is 5.82 Å². The summed E-state index contributed by atoms with van der Waals surface area (Å²) in [6, 6.07) is 0. The summed E-state index contributed by atoms with van der Waals surface area (Å²) in [5, 5.41) is 3.26. The van der Waals surface area contributed by atoms with Gasteiger partial charge in [-0.15, -0.1) is 0 Å². The van der Waals surface area contributed by atoms with E-state index in [1.165, 1.54) is 19.3 Å². The first-order chi connectivity index (χ1) is 8.27. The fourth-order valence-electron chi connectivity index (χ4n) is 1.63. The van der Waals surface area contributed by atoms with Gasteiger partial charge >= 0.3 is 0 Å². The summed E-state index contributed by atoms with van der Waals surface area (Å²) >= 11 is 0. The van der Waals surface area contributed by atoms with Crippen molar-refractivity contribution in [3.05, 3.63) is 18.1 Å². The van der Waals surface area contributed by atoms with Crippen LogP contribution in [0.4, 0.5) is 5.82 Å². The fraction of sp³-hybridized carbons (Fsp3) is 0.692. The molecule has 4 nitrogen and oxygen atoms in total. The first-order valence-electron chi connectivity index (χ1n) is 6.50. The summed E-state index contributed by atoms with van der Waals surface area (Å²) in [6.45, 7) is 7.11. The topological polar surface area (TPSA) is 41.1 Å². The van der Waals surface area contributed by atoms with Gasteiger partial charge in [-0.2, -0.15) is 0 Å². The Hall–Kier alpha value is -1.16. The second-order valence-corrected chi connectivity index (χ2v) is 4.28. The molecule has 1 N–H and O–H groups in total. The molecule has 0 bridgehead atoms. The Balaban J connectivity index is 2.51. The van der Waals surface area contributed by atoms with Crippen molar-refractivity contribution in [2.75, 3.05) is 25.0 Å². The van der Waals surface area contributed by atoms with E-state index in [0.29, 0.717) is 0 Å². The lowest BCUT2D eigenvalue weighted by Crippen LogP contribution is -2.21. The van der Waals surface area contributed by atoms with Crippen LogP contribution in [-0.4, -0.2) is 30.1 Å². The molecular formula is C13H24N4. The maximum Gasteiger partial charge on any atom is 0.147 e. The summed E-state index contributed by atoms with van der Waals surface area (Å²) in [4.78, 5) is 11.0. The van der Waals surface area contributed by atoms with Gasteiger partial charge in [0.1, 0.15) is 5.82 Å². The minimum absolute atomic E-state index is 0.792. The van der Waals surface area contributed by atoms with E-state index in [1.54, 1.807) is 0 Å². The van der Waals surface area contributed by atoms with Gasteiger partial charge in [0.05, 0.1) is 11.9 Å². The molecule has 0 radical (unpaired) electrons. The molecule has 4 heteroatoms. The molecule has 1 aromatic rings. The molecule has 96 valence electrons. The Labute approximate surface area is 104 Å². The predicted octanol–water partition coefficient (Wildman–Crippen LogP) is 2.21. The predicted molar refractivity (Wildman–Crippen MR) is 72.2 cm³/mol. The molecular weight excluding hydrogens is 212 g/mol. The van der Waals surface area contributed by atoms with Gasteiger partial charge in [-0.25, -0.2) is 4.98 Å². The number of rotatable bonds is 8. The molecule has 0 aliphatic heterocycles. The number of anilines is 1.